The quantitative estimate of drug-likeness (QED) is 0.657. The summed E-state index contributed by atoms with van der Waals surface area (Å²) in [6.45, 7) is 3.61. The summed E-state index contributed by atoms with van der Waals surface area (Å²) in [6.07, 6.45) is 2.02. The van der Waals surface area contributed by atoms with Gasteiger partial charge in [-0.3, -0.25) is 18.9 Å². The fourth-order valence-electron chi connectivity index (χ4n) is 3.84. The van der Waals surface area contributed by atoms with Crippen LogP contribution in [0.15, 0.2) is 53.5 Å². The maximum absolute atomic E-state index is 13.3. The monoisotopic (exact) mass is 406 g/mol. The van der Waals surface area contributed by atoms with Crippen molar-refractivity contribution in [3.63, 3.8) is 0 Å². The van der Waals surface area contributed by atoms with Gasteiger partial charge in [-0.25, -0.2) is 9.78 Å². The van der Waals surface area contributed by atoms with Crippen LogP contribution < -0.4 is 15.6 Å². The number of pyridine rings is 1. The van der Waals surface area contributed by atoms with Gasteiger partial charge in [-0.05, 0) is 42.7 Å². The van der Waals surface area contributed by atoms with Gasteiger partial charge < -0.3 is 10.1 Å². The predicted molar refractivity (Wildman–Crippen MR) is 110 cm³/mol. The average Bonchev–Trinajstić information content (AvgIpc) is 3.00. The number of carbonyl (C=O) groups is 2. The summed E-state index contributed by atoms with van der Waals surface area (Å²) in [4.78, 5) is 44.2. The van der Waals surface area contributed by atoms with E-state index in [4.69, 9.17) is 4.74 Å². The number of imide groups is 1. The normalized spacial score (nSPS) is 18.7. The van der Waals surface area contributed by atoms with E-state index >= 15 is 0 Å². The number of carbonyl (C=O) groups excluding carboxylic acids is 2. The molecule has 0 aliphatic carbocycles. The van der Waals surface area contributed by atoms with Crippen molar-refractivity contribution >= 4 is 17.6 Å². The molecule has 2 aromatic heterocycles. The van der Waals surface area contributed by atoms with Gasteiger partial charge in [-0.1, -0.05) is 25.1 Å². The third kappa shape index (κ3) is 3.01. The Morgan fingerprint density at radius 2 is 1.87 bits per heavy atom. The van der Waals surface area contributed by atoms with Crippen LogP contribution in [-0.4, -0.2) is 33.3 Å². The summed E-state index contributed by atoms with van der Waals surface area (Å²) in [5.41, 5.74) is 0.945. The molecule has 1 fully saturated rings. The van der Waals surface area contributed by atoms with Gasteiger partial charge in [0, 0.05) is 12.3 Å². The van der Waals surface area contributed by atoms with Crippen LogP contribution in [0.2, 0.25) is 0 Å². The second-order valence-corrected chi connectivity index (χ2v) is 7.28. The molecule has 0 saturated carbocycles. The van der Waals surface area contributed by atoms with Crippen LogP contribution in [0.25, 0.3) is 5.65 Å². The Hall–Kier alpha value is -3.68. The number of aryl methyl sites for hydroxylation is 1. The Labute approximate surface area is 173 Å². The number of hydrogen-bond donors (Lipinski definition) is 1. The molecule has 1 aliphatic heterocycles. The highest BCUT2D eigenvalue weighted by Gasteiger charge is 2.51. The van der Waals surface area contributed by atoms with Crippen LogP contribution in [0, 0.1) is 6.92 Å². The molecule has 1 N–H and O–H groups in total. The molecule has 1 aromatic carbocycles. The molecule has 154 valence electrons. The molecule has 0 unspecified atom stereocenters. The van der Waals surface area contributed by atoms with Crippen molar-refractivity contribution in [2.24, 2.45) is 0 Å². The second kappa shape index (κ2) is 7.29. The van der Waals surface area contributed by atoms with Gasteiger partial charge in [-0.15, -0.1) is 0 Å². The zero-order chi connectivity index (χ0) is 21.5. The Bertz CT molecular complexity index is 1200. The van der Waals surface area contributed by atoms with Crippen molar-refractivity contribution in [3.05, 3.63) is 75.8 Å². The molecule has 4 rings (SSSR count). The Kier molecular flexibility index (Phi) is 4.77. The van der Waals surface area contributed by atoms with E-state index in [9.17, 15) is 14.4 Å². The molecule has 0 spiro atoms. The maximum Gasteiger partial charge on any atom is 0.325 e. The highest BCUT2D eigenvalue weighted by atomic mass is 16.5. The van der Waals surface area contributed by atoms with Gasteiger partial charge in [0.15, 0.2) is 0 Å². The third-order valence-electron chi connectivity index (χ3n) is 5.55. The van der Waals surface area contributed by atoms with Crippen molar-refractivity contribution in [1.29, 1.82) is 0 Å². The van der Waals surface area contributed by atoms with E-state index in [1.54, 1.807) is 43.6 Å². The first-order valence-corrected chi connectivity index (χ1v) is 9.66. The zero-order valence-electron chi connectivity index (χ0n) is 17.0. The highest BCUT2D eigenvalue weighted by Crippen LogP contribution is 2.34. The van der Waals surface area contributed by atoms with Gasteiger partial charge >= 0.3 is 6.03 Å². The number of hydrogen-bond acceptors (Lipinski definition) is 5. The van der Waals surface area contributed by atoms with E-state index in [0.717, 1.165) is 10.5 Å². The smallest absolute Gasteiger partial charge is 0.325 e. The Balaban J connectivity index is 1.70. The van der Waals surface area contributed by atoms with Crippen molar-refractivity contribution in [1.82, 2.24) is 19.6 Å². The third-order valence-corrected chi connectivity index (χ3v) is 5.55. The second-order valence-electron chi connectivity index (χ2n) is 7.28. The number of amides is 3. The Morgan fingerprint density at radius 3 is 2.53 bits per heavy atom. The predicted octanol–water partition coefficient (Wildman–Crippen LogP) is 2.37. The summed E-state index contributed by atoms with van der Waals surface area (Å²) in [5.74, 6) is 0.293. The SMILES string of the molecule is CC[C@@]1(c2ccc(OC)cc2)NC(=O)N(Cc2cc(=O)n3cccc(C)c3n2)C1=O. The van der Waals surface area contributed by atoms with Gasteiger partial charge in [-0.2, -0.15) is 0 Å². The van der Waals surface area contributed by atoms with Crippen molar-refractivity contribution in [2.45, 2.75) is 32.4 Å². The summed E-state index contributed by atoms with van der Waals surface area (Å²) in [6, 6.07) is 11.5. The number of nitrogens with zero attached hydrogens (tertiary/aromatic N) is 3. The van der Waals surface area contributed by atoms with Gasteiger partial charge in [0.05, 0.1) is 19.3 Å². The van der Waals surface area contributed by atoms with Crippen LogP contribution in [-0.2, 0) is 16.9 Å². The van der Waals surface area contributed by atoms with Crippen molar-refractivity contribution in [2.75, 3.05) is 7.11 Å². The van der Waals surface area contributed by atoms with Crippen LogP contribution in [0.5, 0.6) is 5.75 Å². The minimum atomic E-state index is -1.16. The summed E-state index contributed by atoms with van der Waals surface area (Å²) in [7, 11) is 1.57. The Morgan fingerprint density at radius 1 is 1.13 bits per heavy atom. The summed E-state index contributed by atoms with van der Waals surface area (Å²) < 4.78 is 6.62. The number of benzene rings is 1. The molecular formula is C22H22N4O4. The molecule has 8 heteroatoms. The maximum atomic E-state index is 13.3. The average molecular weight is 406 g/mol. The number of aromatic nitrogens is 2. The topological polar surface area (TPSA) is 93.0 Å². The first-order valence-electron chi connectivity index (χ1n) is 9.66. The summed E-state index contributed by atoms with van der Waals surface area (Å²) >= 11 is 0. The zero-order valence-corrected chi connectivity index (χ0v) is 17.0. The van der Waals surface area contributed by atoms with Crippen LogP contribution in [0.4, 0.5) is 4.79 Å². The lowest BCUT2D eigenvalue weighted by molar-refractivity contribution is -0.132. The largest absolute Gasteiger partial charge is 0.497 e. The molecule has 3 heterocycles. The standard InChI is InChI=1S/C22H22N4O4/c1-4-22(15-7-9-17(30-3)10-8-15)20(28)26(21(29)24-22)13-16-12-18(27)25-11-5-6-14(2)19(25)23-16/h5-12H,4,13H2,1-3H3,(H,24,29)/t22-/m0/s1. The molecule has 3 amide bonds. The van der Waals surface area contributed by atoms with E-state index in [-0.39, 0.29) is 18.0 Å². The fourth-order valence-corrected chi connectivity index (χ4v) is 3.84. The molecule has 0 bridgehead atoms. The molecule has 3 aromatic rings. The van der Waals surface area contributed by atoms with Gasteiger partial charge in [0.2, 0.25) is 0 Å². The lowest BCUT2D eigenvalue weighted by atomic mass is 9.87. The number of methoxy groups -OCH3 is 1. The number of fused-ring (bicyclic) bond motifs is 1. The number of urea groups is 1. The molecule has 1 aliphatic rings. The molecule has 0 radical (unpaired) electrons. The van der Waals surface area contributed by atoms with E-state index in [1.165, 1.54) is 10.5 Å². The first-order chi connectivity index (χ1) is 14.4. The lowest BCUT2D eigenvalue weighted by Crippen LogP contribution is -2.43. The highest BCUT2D eigenvalue weighted by molar-refractivity contribution is 6.07. The molecular weight excluding hydrogens is 384 g/mol. The van der Waals surface area contributed by atoms with Gasteiger partial charge in [0.1, 0.15) is 16.9 Å². The lowest BCUT2D eigenvalue weighted by Gasteiger charge is -2.26. The van der Waals surface area contributed by atoms with E-state index in [0.29, 0.717) is 29.1 Å². The van der Waals surface area contributed by atoms with Crippen LogP contribution >= 0.6 is 0 Å². The molecule has 8 nitrogen and oxygen atoms in total. The fraction of sp³-hybridized carbons (Fsp3) is 0.273. The minimum Gasteiger partial charge on any atom is -0.497 e. The molecule has 30 heavy (non-hydrogen) atoms. The number of rotatable bonds is 5. The first kappa shape index (κ1) is 19.6. The van der Waals surface area contributed by atoms with E-state index in [2.05, 4.69) is 10.3 Å². The molecule has 1 saturated heterocycles. The molecule has 1 atom stereocenters. The van der Waals surface area contributed by atoms with Crippen LogP contribution in [0.3, 0.4) is 0 Å². The van der Waals surface area contributed by atoms with Gasteiger partial charge in [0.25, 0.3) is 11.5 Å². The summed E-state index contributed by atoms with van der Waals surface area (Å²) in [5, 5.41) is 2.84. The number of nitrogens with one attached hydrogen (secondary N) is 1. The minimum absolute atomic E-state index is 0.0807. The van der Waals surface area contributed by atoms with E-state index < -0.39 is 11.6 Å². The van der Waals surface area contributed by atoms with Crippen LogP contribution in [0.1, 0.15) is 30.2 Å². The number of ether oxygens (including phenoxy) is 1. The van der Waals surface area contributed by atoms with Crippen molar-refractivity contribution in [3.8, 4) is 5.75 Å². The van der Waals surface area contributed by atoms with E-state index in [1.807, 2.05) is 19.9 Å². The van der Waals surface area contributed by atoms with Crippen molar-refractivity contribution < 1.29 is 14.3 Å².